The molecule has 0 amide bonds. The standard InChI is InChI=1S/C21H20N4/c1-16-11-21(19-9-5-6-10-20(19)24-16)22-12-18-13-23-25(15-18)14-17-7-3-2-4-8-17/h2-11,13,15H,12,14H2,1H3,(H,22,24). The number of benzene rings is 2. The summed E-state index contributed by atoms with van der Waals surface area (Å²) in [5.41, 5.74) is 5.56. The summed E-state index contributed by atoms with van der Waals surface area (Å²) in [5, 5.41) is 9.14. The predicted octanol–water partition coefficient (Wildman–Crippen LogP) is 4.40. The van der Waals surface area contributed by atoms with Crippen molar-refractivity contribution in [2.75, 3.05) is 5.32 Å². The topological polar surface area (TPSA) is 42.7 Å². The van der Waals surface area contributed by atoms with Crippen LogP contribution in [0.25, 0.3) is 10.9 Å². The van der Waals surface area contributed by atoms with E-state index in [9.17, 15) is 0 Å². The highest BCUT2D eigenvalue weighted by molar-refractivity contribution is 5.91. The third-order valence-electron chi connectivity index (χ3n) is 4.20. The summed E-state index contributed by atoms with van der Waals surface area (Å²) in [6, 6.07) is 20.7. The van der Waals surface area contributed by atoms with Gasteiger partial charge in [0.2, 0.25) is 0 Å². The molecule has 4 nitrogen and oxygen atoms in total. The molecule has 1 N–H and O–H groups in total. The number of nitrogens with one attached hydrogen (secondary N) is 1. The van der Waals surface area contributed by atoms with Crippen molar-refractivity contribution in [1.29, 1.82) is 0 Å². The normalized spacial score (nSPS) is 10.9. The molecular weight excluding hydrogens is 308 g/mol. The van der Waals surface area contributed by atoms with Crippen LogP contribution < -0.4 is 5.32 Å². The number of fused-ring (bicyclic) bond motifs is 1. The van der Waals surface area contributed by atoms with Gasteiger partial charge in [-0.15, -0.1) is 0 Å². The van der Waals surface area contributed by atoms with Crippen LogP contribution in [-0.2, 0) is 13.1 Å². The van der Waals surface area contributed by atoms with Gasteiger partial charge in [-0.2, -0.15) is 5.10 Å². The molecule has 0 bridgehead atoms. The molecule has 0 aliphatic carbocycles. The third-order valence-corrected chi connectivity index (χ3v) is 4.20. The van der Waals surface area contributed by atoms with Gasteiger partial charge in [0.1, 0.15) is 0 Å². The lowest BCUT2D eigenvalue weighted by Crippen LogP contribution is -2.01. The van der Waals surface area contributed by atoms with E-state index < -0.39 is 0 Å². The van der Waals surface area contributed by atoms with Crippen LogP contribution in [0.5, 0.6) is 0 Å². The van der Waals surface area contributed by atoms with Crippen molar-refractivity contribution in [1.82, 2.24) is 14.8 Å². The molecule has 25 heavy (non-hydrogen) atoms. The number of hydrogen-bond acceptors (Lipinski definition) is 3. The van der Waals surface area contributed by atoms with Crippen LogP contribution in [0, 0.1) is 6.92 Å². The largest absolute Gasteiger partial charge is 0.380 e. The summed E-state index contributed by atoms with van der Waals surface area (Å²) < 4.78 is 1.97. The number of para-hydroxylation sites is 1. The molecule has 2 aromatic heterocycles. The second-order valence-corrected chi connectivity index (χ2v) is 6.21. The van der Waals surface area contributed by atoms with Gasteiger partial charge in [-0.3, -0.25) is 9.67 Å². The SMILES string of the molecule is Cc1cc(NCc2cnn(Cc3ccccc3)c2)c2ccccc2n1. The molecule has 4 heteroatoms. The predicted molar refractivity (Wildman–Crippen MR) is 102 cm³/mol. The Morgan fingerprint density at radius 3 is 2.64 bits per heavy atom. The molecule has 0 saturated heterocycles. The first-order valence-electron chi connectivity index (χ1n) is 8.43. The van der Waals surface area contributed by atoms with Crippen LogP contribution >= 0.6 is 0 Å². The minimum absolute atomic E-state index is 0.738. The second kappa shape index (κ2) is 6.77. The van der Waals surface area contributed by atoms with Crippen LogP contribution in [-0.4, -0.2) is 14.8 Å². The van der Waals surface area contributed by atoms with Gasteiger partial charge in [-0.25, -0.2) is 0 Å². The lowest BCUT2D eigenvalue weighted by atomic mass is 10.1. The third kappa shape index (κ3) is 3.53. The van der Waals surface area contributed by atoms with Crippen LogP contribution in [0.1, 0.15) is 16.8 Å². The van der Waals surface area contributed by atoms with Gasteiger partial charge < -0.3 is 5.32 Å². The highest BCUT2D eigenvalue weighted by Gasteiger charge is 2.05. The fourth-order valence-electron chi connectivity index (χ4n) is 3.01. The number of anilines is 1. The van der Waals surface area contributed by atoms with Gasteiger partial charge >= 0.3 is 0 Å². The van der Waals surface area contributed by atoms with E-state index in [1.165, 1.54) is 5.56 Å². The number of aromatic nitrogens is 3. The number of nitrogens with zero attached hydrogens (tertiary/aromatic N) is 3. The molecule has 0 atom stereocenters. The molecule has 0 aliphatic heterocycles. The minimum atomic E-state index is 0.738. The Balaban J connectivity index is 1.49. The average Bonchev–Trinajstić information content (AvgIpc) is 3.08. The van der Waals surface area contributed by atoms with Gasteiger partial charge in [0.15, 0.2) is 0 Å². The Labute approximate surface area is 147 Å². The molecule has 124 valence electrons. The summed E-state index contributed by atoms with van der Waals surface area (Å²) in [7, 11) is 0. The molecule has 2 heterocycles. The van der Waals surface area contributed by atoms with Gasteiger partial charge in [-0.1, -0.05) is 48.5 Å². The van der Waals surface area contributed by atoms with Crippen LogP contribution in [0.15, 0.2) is 73.1 Å². The zero-order valence-corrected chi connectivity index (χ0v) is 14.2. The number of aryl methyl sites for hydroxylation is 1. The maximum absolute atomic E-state index is 4.59. The van der Waals surface area contributed by atoms with Crippen molar-refractivity contribution in [3.05, 3.63) is 89.9 Å². The molecular formula is C21H20N4. The van der Waals surface area contributed by atoms with Gasteiger partial charge in [0, 0.05) is 35.1 Å². The zero-order chi connectivity index (χ0) is 17.1. The van der Waals surface area contributed by atoms with Crippen molar-refractivity contribution in [3.8, 4) is 0 Å². The molecule has 0 unspecified atom stereocenters. The Morgan fingerprint density at radius 2 is 1.76 bits per heavy atom. The van der Waals surface area contributed by atoms with E-state index in [1.54, 1.807) is 0 Å². The first-order valence-corrected chi connectivity index (χ1v) is 8.43. The van der Waals surface area contributed by atoms with E-state index in [4.69, 9.17) is 0 Å². The van der Waals surface area contributed by atoms with Crippen molar-refractivity contribution < 1.29 is 0 Å². The Hall–Kier alpha value is -3.14. The molecule has 0 saturated carbocycles. The van der Waals surface area contributed by atoms with Gasteiger partial charge in [-0.05, 0) is 24.6 Å². The molecule has 0 radical (unpaired) electrons. The number of pyridine rings is 1. The maximum atomic E-state index is 4.59. The van der Waals surface area contributed by atoms with Crippen LogP contribution in [0.4, 0.5) is 5.69 Å². The van der Waals surface area contributed by atoms with Crippen LogP contribution in [0.3, 0.4) is 0 Å². The summed E-state index contributed by atoms with van der Waals surface area (Å²) in [6.45, 7) is 3.55. The van der Waals surface area contributed by atoms with Crippen molar-refractivity contribution in [2.45, 2.75) is 20.0 Å². The lowest BCUT2D eigenvalue weighted by Gasteiger charge is -2.10. The van der Waals surface area contributed by atoms with E-state index in [-0.39, 0.29) is 0 Å². The van der Waals surface area contributed by atoms with E-state index in [2.05, 4.69) is 58.0 Å². The lowest BCUT2D eigenvalue weighted by molar-refractivity contribution is 0.686. The maximum Gasteiger partial charge on any atom is 0.0725 e. The Kier molecular flexibility index (Phi) is 4.17. The highest BCUT2D eigenvalue weighted by Crippen LogP contribution is 2.23. The summed E-state index contributed by atoms with van der Waals surface area (Å²) in [4.78, 5) is 4.59. The first kappa shape index (κ1) is 15.4. The number of rotatable bonds is 5. The summed E-state index contributed by atoms with van der Waals surface area (Å²) in [6.07, 6.45) is 4.02. The van der Waals surface area contributed by atoms with E-state index in [0.29, 0.717) is 0 Å². The molecule has 4 rings (SSSR count). The second-order valence-electron chi connectivity index (χ2n) is 6.21. The monoisotopic (exact) mass is 328 g/mol. The Morgan fingerprint density at radius 1 is 0.960 bits per heavy atom. The molecule has 4 aromatic rings. The van der Waals surface area contributed by atoms with Crippen molar-refractivity contribution in [3.63, 3.8) is 0 Å². The fraction of sp³-hybridized carbons (Fsp3) is 0.143. The fourth-order valence-corrected chi connectivity index (χ4v) is 3.01. The summed E-state index contributed by atoms with van der Waals surface area (Å²) in [5.74, 6) is 0. The average molecular weight is 328 g/mol. The zero-order valence-electron chi connectivity index (χ0n) is 14.2. The molecule has 0 fully saturated rings. The summed E-state index contributed by atoms with van der Waals surface area (Å²) >= 11 is 0. The van der Waals surface area contributed by atoms with Crippen LogP contribution in [0.2, 0.25) is 0 Å². The smallest absolute Gasteiger partial charge is 0.0725 e. The van der Waals surface area contributed by atoms with Gasteiger partial charge in [0.05, 0.1) is 18.3 Å². The minimum Gasteiger partial charge on any atom is -0.380 e. The molecule has 0 spiro atoms. The van der Waals surface area contributed by atoms with Crippen molar-refractivity contribution >= 4 is 16.6 Å². The van der Waals surface area contributed by atoms with Crippen molar-refractivity contribution in [2.24, 2.45) is 0 Å². The van der Waals surface area contributed by atoms with Gasteiger partial charge in [0.25, 0.3) is 0 Å². The Bertz CT molecular complexity index is 989. The van der Waals surface area contributed by atoms with E-state index in [0.717, 1.165) is 40.9 Å². The quantitative estimate of drug-likeness (QED) is 0.590. The van der Waals surface area contributed by atoms with E-state index >= 15 is 0 Å². The molecule has 2 aromatic carbocycles. The number of hydrogen-bond donors (Lipinski definition) is 1. The highest BCUT2D eigenvalue weighted by atomic mass is 15.3. The molecule has 0 aliphatic rings. The first-order chi connectivity index (χ1) is 12.3. The van der Waals surface area contributed by atoms with E-state index in [1.807, 2.05) is 42.1 Å².